The lowest BCUT2D eigenvalue weighted by molar-refractivity contribution is -0.135. The van der Waals surface area contributed by atoms with E-state index >= 15 is 0 Å². The molecule has 0 aliphatic carbocycles. The first-order valence-electron chi connectivity index (χ1n) is 10.4. The van der Waals surface area contributed by atoms with Gasteiger partial charge in [-0.15, -0.1) is 0 Å². The molecule has 0 bridgehead atoms. The van der Waals surface area contributed by atoms with Crippen LogP contribution in [0.1, 0.15) is 35.2 Å². The molecule has 3 heterocycles. The predicted molar refractivity (Wildman–Crippen MR) is 114 cm³/mol. The summed E-state index contributed by atoms with van der Waals surface area (Å²) >= 11 is 6.03. The summed E-state index contributed by atoms with van der Waals surface area (Å²) in [6.45, 7) is 1.55. The number of hydrogen-bond acceptors (Lipinski definition) is 4. The number of carbonyl (C=O) groups is 2. The van der Waals surface area contributed by atoms with E-state index in [0.717, 1.165) is 11.3 Å². The van der Waals surface area contributed by atoms with Gasteiger partial charge in [-0.1, -0.05) is 23.7 Å². The van der Waals surface area contributed by atoms with Crippen LogP contribution in [0.4, 0.5) is 10.1 Å². The number of ether oxygens (including phenoxy) is 1. The molecule has 0 radical (unpaired) electrons. The maximum atomic E-state index is 13.1. The first-order chi connectivity index (χ1) is 14.9. The second-order valence-corrected chi connectivity index (χ2v) is 9.12. The topological polar surface area (TPSA) is 70.7 Å². The van der Waals surface area contributed by atoms with Crippen molar-refractivity contribution in [3.05, 3.63) is 64.4 Å². The minimum Gasteiger partial charge on any atom is -0.370 e. The van der Waals surface area contributed by atoms with Gasteiger partial charge in [-0.2, -0.15) is 0 Å². The fourth-order valence-electron chi connectivity index (χ4n) is 4.85. The smallest absolute Gasteiger partial charge is 0.255 e. The Bertz CT molecular complexity index is 1040. The SMILES string of the molecule is O=C1NC2(COC3(CCN(C(=O)Cc4ccc(F)cc4)CC3)C2)Nc2ccc(Cl)cc21. The van der Waals surface area contributed by atoms with Crippen molar-refractivity contribution in [2.24, 2.45) is 0 Å². The molecule has 31 heavy (non-hydrogen) atoms. The highest BCUT2D eigenvalue weighted by molar-refractivity contribution is 6.31. The van der Waals surface area contributed by atoms with Crippen LogP contribution in [0.5, 0.6) is 0 Å². The van der Waals surface area contributed by atoms with E-state index in [1.54, 1.807) is 24.3 Å². The fraction of sp³-hybridized carbons (Fsp3) is 0.391. The van der Waals surface area contributed by atoms with Gasteiger partial charge in [-0.05, 0) is 48.7 Å². The summed E-state index contributed by atoms with van der Waals surface area (Å²) in [5.74, 6) is -0.439. The molecule has 162 valence electrons. The van der Waals surface area contributed by atoms with Gasteiger partial charge in [0, 0.05) is 30.2 Å². The van der Waals surface area contributed by atoms with Crippen LogP contribution in [0, 0.1) is 5.82 Å². The normalized spacial score (nSPS) is 24.1. The number of halogens is 2. The number of piperidine rings is 1. The number of hydrogen-bond donors (Lipinski definition) is 2. The summed E-state index contributed by atoms with van der Waals surface area (Å²) in [5.41, 5.74) is 1.05. The number of likely N-dealkylation sites (tertiary alicyclic amines) is 1. The molecular formula is C23H23ClFN3O3. The summed E-state index contributed by atoms with van der Waals surface area (Å²) in [7, 11) is 0. The highest BCUT2D eigenvalue weighted by Crippen LogP contribution is 2.43. The van der Waals surface area contributed by atoms with Crippen molar-refractivity contribution in [3.63, 3.8) is 0 Å². The van der Waals surface area contributed by atoms with Crippen molar-refractivity contribution in [1.29, 1.82) is 0 Å². The largest absolute Gasteiger partial charge is 0.370 e. The summed E-state index contributed by atoms with van der Waals surface area (Å²) < 4.78 is 19.3. The molecule has 3 aliphatic rings. The Morgan fingerprint density at radius 1 is 1.13 bits per heavy atom. The number of anilines is 1. The van der Waals surface area contributed by atoms with Crippen molar-refractivity contribution in [3.8, 4) is 0 Å². The first-order valence-corrected chi connectivity index (χ1v) is 10.8. The van der Waals surface area contributed by atoms with Crippen LogP contribution >= 0.6 is 11.6 Å². The van der Waals surface area contributed by atoms with Crippen LogP contribution in [0.15, 0.2) is 42.5 Å². The third-order valence-electron chi connectivity index (χ3n) is 6.50. The standard InChI is InChI=1S/C23H23ClFN3O3/c24-16-3-6-19-18(12-16)21(30)27-23(26-19)13-22(31-14-23)7-9-28(10-8-22)20(29)11-15-1-4-17(25)5-2-15/h1-6,12,26H,7-11,13-14H2,(H,27,30). The van der Waals surface area contributed by atoms with E-state index in [9.17, 15) is 14.0 Å². The molecule has 6 nitrogen and oxygen atoms in total. The summed E-state index contributed by atoms with van der Waals surface area (Å²) in [6.07, 6.45) is 2.30. The van der Waals surface area contributed by atoms with Crippen molar-refractivity contribution >= 4 is 29.1 Å². The quantitative estimate of drug-likeness (QED) is 0.746. The molecule has 2 fully saturated rings. The van der Waals surface area contributed by atoms with Gasteiger partial charge in [0.25, 0.3) is 5.91 Å². The Hall–Kier alpha value is -2.64. The highest BCUT2D eigenvalue weighted by Gasteiger charge is 2.53. The zero-order valence-electron chi connectivity index (χ0n) is 16.9. The highest BCUT2D eigenvalue weighted by atomic mass is 35.5. The lowest BCUT2D eigenvalue weighted by Crippen LogP contribution is -2.59. The van der Waals surface area contributed by atoms with Gasteiger partial charge < -0.3 is 20.3 Å². The van der Waals surface area contributed by atoms with Gasteiger partial charge in [0.05, 0.1) is 24.2 Å². The van der Waals surface area contributed by atoms with E-state index in [1.807, 2.05) is 11.0 Å². The molecule has 2 aromatic carbocycles. The number of carbonyl (C=O) groups excluding carboxylic acids is 2. The zero-order valence-corrected chi connectivity index (χ0v) is 17.7. The van der Waals surface area contributed by atoms with Gasteiger partial charge in [0.2, 0.25) is 5.91 Å². The van der Waals surface area contributed by atoms with E-state index in [0.29, 0.717) is 49.5 Å². The number of amides is 2. The van der Waals surface area contributed by atoms with E-state index < -0.39 is 5.66 Å². The van der Waals surface area contributed by atoms with Crippen LogP contribution in [-0.2, 0) is 16.0 Å². The summed E-state index contributed by atoms with van der Waals surface area (Å²) in [4.78, 5) is 27.2. The number of fused-ring (bicyclic) bond motifs is 1. The van der Waals surface area contributed by atoms with Crippen LogP contribution < -0.4 is 10.6 Å². The van der Waals surface area contributed by atoms with Crippen LogP contribution in [0.2, 0.25) is 5.02 Å². The van der Waals surface area contributed by atoms with Gasteiger partial charge in [-0.3, -0.25) is 9.59 Å². The predicted octanol–water partition coefficient (Wildman–Crippen LogP) is 3.35. The Labute approximate surface area is 184 Å². The summed E-state index contributed by atoms with van der Waals surface area (Å²) in [5, 5.41) is 7.04. The Balaban J connectivity index is 1.23. The third-order valence-corrected chi connectivity index (χ3v) is 6.73. The van der Waals surface area contributed by atoms with Crippen LogP contribution in [0.3, 0.4) is 0 Å². The minimum absolute atomic E-state index is 0.0315. The number of rotatable bonds is 2. The van der Waals surface area contributed by atoms with E-state index in [1.165, 1.54) is 12.1 Å². The molecular weight excluding hydrogens is 421 g/mol. The second-order valence-electron chi connectivity index (χ2n) is 8.68. The molecule has 1 atom stereocenters. The van der Waals surface area contributed by atoms with E-state index in [-0.39, 0.29) is 29.7 Å². The molecule has 0 saturated carbocycles. The lowest BCUT2D eigenvalue weighted by Gasteiger charge is -2.41. The number of nitrogens with one attached hydrogen (secondary N) is 2. The zero-order chi connectivity index (χ0) is 21.6. The van der Waals surface area contributed by atoms with Crippen molar-refractivity contribution in [1.82, 2.24) is 10.2 Å². The molecule has 0 aromatic heterocycles. The maximum Gasteiger partial charge on any atom is 0.255 e. The van der Waals surface area contributed by atoms with Gasteiger partial charge in [0.1, 0.15) is 11.5 Å². The number of benzene rings is 2. The molecule has 3 aliphatic heterocycles. The Morgan fingerprint density at radius 2 is 1.87 bits per heavy atom. The monoisotopic (exact) mass is 443 g/mol. The van der Waals surface area contributed by atoms with Gasteiger partial charge >= 0.3 is 0 Å². The van der Waals surface area contributed by atoms with Crippen LogP contribution in [-0.4, -0.2) is 47.7 Å². The Morgan fingerprint density at radius 3 is 2.61 bits per heavy atom. The number of nitrogens with zero attached hydrogens (tertiary/aromatic N) is 1. The van der Waals surface area contributed by atoms with Gasteiger partial charge in [0.15, 0.2) is 0 Å². The molecule has 2 saturated heterocycles. The molecule has 5 rings (SSSR count). The van der Waals surface area contributed by atoms with Gasteiger partial charge in [-0.25, -0.2) is 4.39 Å². The molecule has 2 N–H and O–H groups in total. The fourth-order valence-corrected chi connectivity index (χ4v) is 5.02. The van der Waals surface area contributed by atoms with Crippen molar-refractivity contribution in [2.75, 3.05) is 25.0 Å². The molecule has 1 unspecified atom stereocenters. The second kappa shape index (κ2) is 7.50. The van der Waals surface area contributed by atoms with E-state index in [4.69, 9.17) is 16.3 Å². The average molecular weight is 444 g/mol. The first kappa shape index (κ1) is 20.3. The average Bonchev–Trinajstić information content (AvgIpc) is 3.08. The maximum absolute atomic E-state index is 13.1. The molecule has 2 spiro atoms. The Kier molecular flexibility index (Phi) is 4.90. The minimum atomic E-state index is -0.655. The molecule has 8 heteroatoms. The lowest BCUT2D eigenvalue weighted by atomic mass is 9.84. The van der Waals surface area contributed by atoms with E-state index in [2.05, 4.69) is 10.6 Å². The molecule has 2 amide bonds. The summed E-state index contributed by atoms with van der Waals surface area (Å²) in [6, 6.07) is 11.3. The van der Waals surface area contributed by atoms with Crippen LogP contribution in [0.25, 0.3) is 0 Å². The van der Waals surface area contributed by atoms with Crippen molar-refractivity contribution < 1.29 is 18.7 Å². The molecule has 2 aromatic rings. The third kappa shape index (κ3) is 3.88. The van der Waals surface area contributed by atoms with Crippen molar-refractivity contribution in [2.45, 2.75) is 36.9 Å².